The highest BCUT2D eigenvalue weighted by Crippen LogP contribution is 2.31. The van der Waals surface area contributed by atoms with Crippen molar-refractivity contribution in [2.75, 3.05) is 20.1 Å². The molecule has 7 heteroatoms. The second kappa shape index (κ2) is 7.73. The van der Waals surface area contributed by atoms with Crippen LogP contribution in [0.4, 0.5) is 9.59 Å². The highest BCUT2D eigenvalue weighted by Gasteiger charge is 2.39. The number of H-pyrrole nitrogens is 1. The van der Waals surface area contributed by atoms with Crippen LogP contribution in [-0.4, -0.2) is 59.1 Å². The summed E-state index contributed by atoms with van der Waals surface area (Å²) >= 11 is 0. The lowest BCUT2D eigenvalue weighted by atomic mass is 10.0. The summed E-state index contributed by atoms with van der Waals surface area (Å²) in [6, 6.07) is 8.69. The SMILES string of the molecule is CNC(=O)N1CCC[C@@H](N(C(=O)NCc2cc3cc(C)ccc3[nH]2)C2CC2)C1. The standard InChI is InChI=1S/C21H29N5O2/c1-14-5-8-19-15(10-14)11-16(24-19)12-23-21(28)26(17-6-7-17)18-4-3-9-25(13-18)20(27)22-2/h5,8,10-11,17-18,24H,3-4,6-7,9,12-13H2,1-2H3,(H,22,27)(H,23,28)/t18-/m1/s1. The second-order valence-electron chi connectivity index (χ2n) is 7.98. The van der Waals surface area contributed by atoms with E-state index in [0.29, 0.717) is 19.1 Å². The summed E-state index contributed by atoms with van der Waals surface area (Å²) in [7, 11) is 1.65. The predicted octanol–water partition coefficient (Wildman–Crippen LogP) is 2.95. The van der Waals surface area contributed by atoms with Gasteiger partial charge in [0.2, 0.25) is 0 Å². The monoisotopic (exact) mass is 383 g/mol. The molecule has 0 spiro atoms. The van der Waals surface area contributed by atoms with E-state index in [1.807, 2.05) is 9.80 Å². The maximum atomic E-state index is 13.0. The van der Waals surface area contributed by atoms with E-state index in [4.69, 9.17) is 0 Å². The van der Waals surface area contributed by atoms with Crippen molar-refractivity contribution in [2.45, 2.75) is 51.2 Å². The number of nitrogens with one attached hydrogen (secondary N) is 3. The number of carbonyl (C=O) groups excluding carboxylic acids is 2. The lowest BCUT2D eigenvalue weighted by molar-refractivity contribution is 0.116. The average molecular weight is 383 g/mol. The van der Waals surface area contributed by atoms with Crippen molar-refractivity contribution in [2.24, 2.45) is 0 Å². The number of hydrogen-bond acceptors (Lipinski definition) is 2. The molecular formula is C21H29N5O2. The van der Waals surface area contributed by atoms with Gasteiger partial charge in [-0.3, -0.25) is 0 Å². The fraction of sp³-hybridized carbons (Fsp3) is 0.524. The zero-order valence-electron chi connectivity index (χ0n) is 16.6. The Hall–Kier alpha value is -2.70. The molecule has 150 valence electrons. The van der Waals surface area contributed by atoms with Crippen LogP contribution in [-0.2, 0) is 6.54 Å². The molecule has 2 fully saturated rings. The van der Waals surface area contributed by atoms with Crippen molar-refractivity contribution in [1.82, 2.24) is 25.4 Å². The third kappa shape index (κ3) is 3.93. The number of amides is 4. The lowest BCUT2D eigenvalue weighted by Crippen LogP contribution is -2.56. The van der Waals surface area contributed by atoms with E-state index in [-0.39, 0.29) is 18.1 Å². The molecule has 1 aliphatic heterocycles. The van der Waals surface area contributed by atoms with E-state index in [2.05, 4.69) is 46.8 Å². The smallest absolute Gasteiger partial charge is 0.318 e. The number of urea groups is 2. The highest BCUT2D eigenvalue weighted by atomic mass is 16.2. The Labute approximate surface area is 165 Å². The van der Waals surface area contributed by atoms with Gasteiger partial charge in [0.1, 0.15) is 0 Å². The van der Waals surface area contributed by atoms with Crippen molar-refractivity contribution in [3.63, 3.8) is 0 Å². The van der Waals surface area contributed by atoms with Crippen LogP contribution < -0.4 is 10.6 Å². The van der Waals surface area contributed by atoms with Crippen LogP contribution in [0.15, 0.2) is 24.3 Å². The first-order valence-electron chi connectivity index (χ1n) is 10.2. The van der Waals surface area contributed by atoms with Crippen LogP contribution in [0.5, 0.6) is 0 Å². The Bertz CT molecular complexity index is 873. The second-order valence-corrected chi connectivity index (χ2v) is 7.98. The molecule has 2 heterocycles. The molecule has 0 bridgehead atoms. The zero-order valence-corrected chi connectivity index (χ0v) is 16.6. The highest BCUT2D eigenvalue weighted by molar-refractivity contribution is 5.81. The summed E-state index contributed by atoms with van der Waals surface area (Å²) in [4.78, 5) is 32.2. The van der Waals surface area contributed by atoms with Crippen LogP contribution in [0.1, 0.15) is 36.9 Å². The fourth-order valence-corrected chi connectivity index (χ4v) is 4.18. The molecular weight excluding hydrogens is 354 g/mol. The molecule has 0 radical (unpaired) electrons. The number of nitrogens with zero attached hydrogens (tertiary/aromatic N) is 2. The number of benzene rings is 1. The summed E-state index contributed by atoms with van der Waals surface area (Å²) in [6.07, 6.45) is 3.98. The Balaban J connectivity index is 1.41. The number of hydrogen-bond donors (Lipinski definition) is 3. The first kappa shape index (κ1) is 18.7. The molecule has 2 aliphatic rings. The molecule has 1 saturated heterocycles. The van der Waals surface area contributed by atoms with E-state index in [0.717, 1.165) is 48.8 Å². The Morgan fingerprint density at radius 3 is 2.79 bits per heavy atom. The molecule has 4 amide bonds. The summed E-state index contributed by atoms with van der Waals surface area (Å²) in [5.74, 6) is 0. The molecule has 1 aliphatic carbocycles. The largest absolute Gasteiger partial charge is 0.357 e. The number of fused-ring (bicyclic) bond motifs is 1. The first-order chi connectivity index (χ1) is 13.5. The van der Waals surface area contributed by atoms with Crippen molar-refractivity contribution in [1.29, 1.82) is 0 Å². The molecule has 1 aromatic carbocycles. The Morgan fingerprint density at radius 2 is 2.04 bits per heavy atom. The minimum atomic E-state index is -0.0609. The van der Waals surface area contributed by atoms with Gasteiger partial charge in [0, 0.05) is 37.4 Å². The predicted molar refractivity (Wildman–Crippen MR) is 109 cm³/mol. The van der Waals surface area contributed by atoms with Crippen molar-refractivity contribution in [3.8, 4) is 0 Å². The van der Waals surface area contributed by atoms with E-state index in [1.54, 1.807) is 7.05 Å². The summed E-state index contributed by atoms with van der Waals surface area (Å²) in [6.45, 7) is 3.91. The molecule has 1 aromatic heterocycles. The molecule has 0 unspecified atom stereocenters. The van der Waals surface area contributed by atoms with Gasteiger partial charge in [0.25, 0.3) is 0 Å². The summed E-state index contributed by atoms with van der Waals surface area (Å²) in [5, 5.41) is 6.95. The Morgan fingerprint density at radius 1 is 1.21 bits per heavy atom. The van der Waals surface area contributed by atoms with Crippen LogP contribution in [0, 0.1) is 6.92 Å². The van der Waals surface area contributed by atoms with Crippen LogP contribution in [0.2, 0.25) is 0 Å². The third-order valence-electron chi connectivity index (χ3n) is 5.73. The summed E-state index contributed by atoms with van der Waals surface area (Å²) in [5.41, 5.74) is 3.31. The number of aromatic nitrogens is 1. The summed E-state index contributed by atoms with van der Waals surface area (Å²) < 4.78 is 0. The Kier molecular flexibility index (Phi) is 5.15. The number of piperidine rings is 1. The van der Waals surface area contributed by atoms with Gasteiger partial charge in [-0.1, -0.05) is 11.6 Å². The van der Waals surface area contributed by atoms with Crippen molar-refractivity contribution in [3.05, 3.63) is 35.5 Å². The van der Waals surface area contributed by atoms with E-state index in [9.17, 15) is 9.59 Å². The number of carbonyl (C=O) groups is 2. The molecule has 7 nitrogen and oxygen atoms in total. The van der Waals surface area contributed by atoms with Gasteiger partial charge in [0.15, 0.2) is 0 Å². The number of likely N-dealkylation sites (tertiary alicyclic amines) is 1. The maximum absolute atomic E-state index is 13.0. The fourth-order valence-electron chi connectivity index (χ4n) is 4.18. The van der Waals surface area contributed by atoms with E-state index in [1.165, 1.54) is 5.56 Å². The van der Waals surface area contributed by atoms with Gasteiger partial charge >= 0.3 is 12.1 Å². The minimum Gasteiger partial charge on any atom is -0.357 e. The van der Waals surface area contributed by atoms with Gasteiger partial charge in [-0.2, -0.15) is 0 Å². The zero-order chi connectivity index (χ0) is 19.7. The quantitative estimate of drug-likeness (QED) is 0.759. The van der Waals surface area contributed by atoms with Gasteiger partial charge in [-0.25, -0.2) is 9.59 Å². The molecule has 3 N–H and O–H groups in total. The van der Waals surface area contributed by atoms with Gasteiger partial charge in [-0.05, 0) is 56.2 Å². The lowest BCUT2D eigenvalue weighted by Gasteiger charge is -2.39. The number of rotatable bonds is 4. The van der Waals surface area contributed by atoms with Gasteiger partial charge in [-0.15, -0.1) is 0 Å². The van der Waals surface area contributed by atoms with E-state index >= 15 is 0 Å². The van der Waals surface area contributed by atoms with Gasteiger partial charge < -0.3 is 25.4 Å². The van der Waals surface area contributed by atoms with Crippen LogP contribution in [0.3, 0.4) is 0 Å². The normalized spacial score (nSPS) is 19.5. The molecule has 28 heavy (non-hydrogen) atoms. The van der Waals surface area contributed by atoms with Crippen molar-refractivity contribution >= 4 is 23.0 Å². The first-order valence-corrected chi connectivity index (χ1v) is 10.2. The van der Waals surface area contributed by atoms with Gasteiger partial charge in [0.05, 0.1) is 12.6 Å². The number of aryl methyl sites for hydroxylation is 1. The van der Waals surface area contributed by atoms with Crippen LogP contribution in [0.25, 0.3) is 10.9 Å². The molecule has 1 saturated carbocycles. The topological polar surface area (TPSA) is 80.5 Å². The average Bonchev–Trinajstić information content (AvgIpc) is 3.44. The molecule has 1 atom stereocenters. The maximum Gasteiger partial charge on any atom is 0.318 e. The van der Waals surface area contributed by atoms with E-state index < -0.39 is 0 Å². The van der Waals surface area contributed by atoms with Crippen LogP contribution >= 0.6 is 0 Å². The third-order valence-corrected chi connectivity index (χ3v) is 5.73. The van der Waals surface area contributed by atoms with Crippen molar-refractivity contribution < 1.29 is 9.59 Å². The number of aromatic amines is 1. The molecule has 4 rings (SSSR count). The minimum absolute atomic E-state index is 0.0268. The molecule has 2 aromatic rings.